The largest absolute Gasteiger partial charge is 1.00 e. The van der Waals surface area contributed by atoms with Crippen LogP contribution in [0.15, 0.2) is 0 Å². The van der Waals surface area contributed by atoms with Crippen molar-refractivity contribution >= 4 is 0 Å². The van der Waals surface area contributed by atoms with Gasteiger partial charge >= 0.3 is 0 Å². The molecule has 0 aromatic rings. The molecule has 0 atom stereocenters. The summed E-state index contributed by atoms with van der Waals surface area (Å²) in [6, 6.07) is 0. The molecule has 1 aliphatic rings. The molecule has 1 N–H and O–H groups in total. The average molecular weight is 196 g/mol. The highest BCUT2D eigenvalue weighted by molar-refractivity contribution is 4.47. The molecule has 1 saturated heterocycles. The third-order valence-corrected chi connectivity index (χ3v) is 1.99. The maximum absolute atomic E-state index is 8.80. The van der Waals surface area contributed by atoms with E-state index in [0.29, 0.717) is 6.73 Å². The van der Waals surface area contributed by atoms with Gasteiger partial charge in [0, 0.05) is 12.8 Å². The van der Waals surface area contributed by atoms with E-state index in [1.54, 1.807) is 0 Å². The van der Waals surface area contributed by atoms with Gasteiger partial charge in [-0.05, 0) is 0 Å². The van der Waals surface area contributed by atoms with Crippen LogP contribution in [0.5, 0.6) is 0 Å². The van der Waals surface area contributed by atoms with Crippen LogP contribution in [0.25, 0.3) is 0 Å². The van der Waals surface area contributed by atoms with Crippen molar-refractivity contribution in [3.8, 4) is 0 Å². The zero-order valence-corrected chi connectivity index (χ0v) is 7.39. The van der Waals surface area contributed by atoms with E-state index in [0.717, 1.165) is 17.6 Å². The number of aliphatic hydroxyl groups excluding tert-OH is 1. The summed E-state index contributed by atoms with van der Waals surface area (Å²) >= 11 is 0. The SMILES string of the molecule is C[N+]1(CO)CCCC1.[Br-]. The van der Waals surface area contributed by atoms with Crippen molar-refractivity contribution in [1.29, 1.82) is 0 Å². The van der Waals surface area contributed by atoms with E-state index in [2.05, 4.69) is 7.05 Å². The maximum Gasteiger partial charge on any atom is 0.180 e. The van der Waals surface area contributed by atoms with E-state index in [-0.39, 0.29) is 17.0 Å². The summed E-state index contributed by atoms with van der Waals surface area (Å²) in [5.74, 6) is 0. The number of hydrogen-bond acceptors (Lipinski definition) is 1. The molecule has 0 amide bonds. The predicted molar refractivity (Wildman–Crippen MR) is 32.2 cm³/mol. The molecule has 56 valence electrons. The number of quaternary nitrogens is 1. The van der Waals surface area contributed by atoms with Crippen LogP contribution in [-0.2, 0) is 0 Å². The van der Waals surface area contributed by atoms with Crippen molar-refractivity contribution in [2.45, 2.75) is 12.8 Å². The second-order valence-corrected chi connectivity index (χ2v) is 2.92. The summed E-state index contributed by atoms with van der Waals surface area (Å²) in [6.45, 7) is 2.65. The second-order valence-electron chi connectivity index (χ2n) is 2.92. The Morgan fingerprint density at radius 1 is 1.33 bits per heavy atom. The minimum Gasteiger partial charge on any atom is -1.00 e. The van der Waals surface area contributed by atoms with E-state index in [1.165, 1.54) is 12.8 Å². The van der Waals surface area contributed by atoms with Gasteiger partial charge in [-0.1, -0.05) is 0 Å². The highest BCUT2D eigenvalue weighted by Gasteiger charge is 2.24. The molecular formula is C6H14BrNO. The highest BCUT2D eigenvalue weighted by atomic mass is 79.9. The zero-order chi connectivity index (χ0) is 6.04. The van der Waals surface area contributed by atoms with Crippen LogP contribution in [0.3, 0.4) is 0 Å². The Labute approximate surface area is 66.8 Å². The van der Waals surface area contributed by atoms with Crippen LogP contribution >= 0.6 is 0 Å². The second kappa shape index (κ2) is 3.54. The molecular weight excluding hydrogens is 182 g/mol. The van der Waals surface area contributed by atoms with Crippen molar-refractivity contribution in [1.82, 2.24) is 0 Å². The van der Waals surface area contributed by atoms with Gasteiger partial charge in [0.1, 0.15) is 0 Å². The van der Waals surface area contributed by atoms with Gasteiger partial charge in [0.25, 0.3) is 0 Å². The number of likely N-dealkylation sites (tertiary alicyclic amines) is 1. The van der Waals surface area contributed by atoms with Crippen LogP contribution in [-0.4, -0.2) is 36.5 Å². The fraction of sp³-hybridized carbons (Fsp3) is 1.00. The summed E-state index contributed by atoms with van der Waals surface area (Å²) < 4.78 is 0.875. The maximum atomic E-state index is 8.80. The van der Waals surface area contributed by atoms with Crippen molar-refractivity contribution in [2.75, 3.05) is 26.9 Å². The number of halogens is 1. The molecule has 1 aliphatic heterocycles. The molecule has 0 spiro atoms. The highest BCUT2D eigenvalue weighted by Crippen LogP contribution is 2.13. The van der Waals surface area contributed by atoms with E-state index < -0.39 is 0 Å². The molecule has 2 nitrogen and oxygen atoms in total. The monoisotopic (exact) mass is 195 g/mol. The summed E-state index contributed by atoms with van der Waals surface area (Å²) in [5, 5.41) is 8.80. The standard InChI is InChI=1S/C6H14NO.BrH/c1-7(6-8)4-2-3-5-7;/h8H,2-6H2,1H3;1H/q+1;/p-1. The fourth-order valence-electron chi connectivity index (χ4n) is 1.24. The smallest absolute Gasteiger partial charge is 0.180 e. The molecule has 0 aromatic heterocycles. The summed E-state index contributed by atoms with van der Waals surface area (Å²) in [6.07, 6.45) is 2.58. The lowest BCUT2D eigenvalue weighted by molar-refractivity contribution is -0.915. The van der Waals surface area contributed by atoms with Crippen LogP contribution in [0.2, 0.25) is 0 Å². The number of nitrogens with zero attached hydrogens (tertiary/aromatic N) is 1. The van der Waals surface area contributed by atoms with Gasteiger partial charge in [-0.3, -0.25) is 0 Å². The van der Waals surface area contributed by atoms with Crippen molar-refractivity contribution in [2.24, 2.45) is 0 Å². The predicted octanol–water partition coefficient (Wildman–Crippen LogP) is -2.82. The first-order valence-corrected chi connectivity index (χ1v) is 3.21. The molecule has 9 heavy (non-hydrogen) atoms. The minimum atomic E-state index is 0. The molecule has 0 aromatic carbocycles. The van der Waals surface area contributed by atoms with E-state index in [4.69, 9.17) is 5.11 Å². The van der Waals surface area contributed by atoms with Crippen LogP contribution in [0.4, 0.5) is 0 Å². The van der Waals surface area contributed by atoms with Crippen molar-refractivity contribution < 1.29 is 26.6 Å². The van der Waals surface area contributed by atoms with Crippen molar-refractivity contribution in [3.63, 3.8) is 0 Å². The lowest BCUT2D eigenvalue weighted by Crippen LogP contribution is -3.00. The minimum absolute atomic E-state index is 0. The Morgan fingerprint density at radius 3 is 2.00 bits per heavy atom. The Balaban J connectivity index is 0.000000640. The van der Waals surface area contributed by atoms with Gasteiger partial charge in [-0.25, -0.2) is 0 Å². The van der Waals surface area contributed by atoms with E-state index in [1.807, 2.05) is 0 Å². The van der Waals surface area contributed by atoms with E-state index >= 15 is 0 Å². The Bertz CT molecular complexity index is 81.1. The summed E-state index contributed by atoms with van der Waals surface area (Å²) in [4.78, 5) is 0. The van der Waals surface area contributed by atoms with E-state index in [9.17, 15) is 0 Å². The number of hydrogen-bond donors (Lipinski definition) is 1. The molecule has 0 bridgehead atoms. The molecule has 0 radical (unpaired) electrons. The number of aliphatic hydroxyl groups is 1. The van der Waals surface area contributed by atoms with Gasteiger partial charge in [-0.15, -0.1) is 0 Å². The van der Waals surface area contributed by atoms with Crippen LogP contribution in [0.1, 0.15) is 12.8 Å². The molecule has 1 rings (SSSR count). The molecule has 3 heteroatoms. The average Bonchev–Trinajstić information content (AvgIpc) is 2.17. The van der Waals surface area contributed by atoms with Gasteiger partial charge in [0.05, 0.1) is 20.1 Å². The first-order chi connectivity index (χ1) is 3.77. The Morgan fingerprint density at radius 2 is 1.78 bits per heavy atom. The lowest BCUT2D eigenvalue weighted by atomic mass is 10.4. The third kappa shape index (κ3) is 2.24. The van der Waals surface area contributed by atoms with Crippen molar-refractivity contribution in [3.05, 3.63) is 0 Å². The summed E-state index contributed by atoms with van der Waals surface area (Å²) in [5.41, 5.74) is 0. The number of rotatable bonds is 1. The van der Waals surface area contributed by atoms with Crippen LogP contribution in [0, 0.1) is 0 Å². The van der Waals surface area contributed by atoms with Gasteiger partial charge in [0.15, 0.2) is 6.73 Å². The van der Waals surface area contributed by atoms with Gasteiger partial charge in [0.2, 0.25) is 0 Å². The van der Waals surface area contributed by atoms with Gasteiger partial charge in [-0.2, -0.15) is 0 Å². The first-order valence-electron chi connectivity index (χ1n) is 3.21. The topological polar surface area (TPSA) is 20.2 Å². The molecule has 1 fully saturated rings. The van der Waals surface area contributed by atoms with Gasteiger partial charge < -0.3 is 26.6 Å². The quantitative estimate of drug-likeness (QED) is 0.448. The molecule has 0 unspecified atom stereocenters. The molecule has 0 aliphatic carbocycles. The molecule has 0 saturated carbocycles. The first kappa shape index (κ1) is 9.40. The Kier molecular flexibility index (Phi) is 3.70. The third-order valence-electron chi connectivity index (χ3n) is 1.99. The summed E-state index contributed by atoms with van der Waals surface area (Å²) in [7, 11) is 2.10. The zero-order valence-electron chi connectivity index (χ0n) is 5.81. The van der Waals surface area contributed by atoms with Crippen LogP contribution < -0.4 is 17.0 Å². The lowest BCUT2D eigenvalue weighted by Gasteiger charge is -2.25. The molecule has 1 heterocycles. The fourth-order valence-corrected chi connectivity index (χ4v) is 1.24. The Hall–Kier alpha value is 0.400. The normalized spacial score (nSPS) is 23.3.